The van der Waals surface area contributed by atoms with Crippen LogP contribution in [0, 0.1) is 17.9 Å². The van der Waals surface area contributed by atoms with Crippen LogP contribution in [0.15, 0.2) is 237 Å². The predicted octanol–water partition coefficient (Wildman–Crippen LogP) is 18.5. The quantitative estimate of drug-likeness (QED) is 0.118. The Balaban J connectivity index is 1.10. The molecule has 0 fully saturated rings. The van der Waals surface area contributed by atoms with E-state index in [2.05, 4.69) is 274 Å². The first kappa shape index (κ1) is 50.1. The predicted molar refractivity (Wildman–Crippen MR) is 342 cm³/mol. The van der Waals surface area contributed by atoms with Crippen molar-refractivity contribution in [2.75, 3.05) is 4.90 Å². The molecule has 0 saturated carbocycles. The maximum absolute atomic E-state index is 10.1. The lowest BCUT2D eigenvalue weighted by Crippen LogP contribution is -2.59. The van der Waals surface area contributed by atoms with E-state index in [1.165, 1.54) is 11.1 Å². The van der Waals surface area contributed by atoms with Gasteiger partial charge in [0.1, 0.15) is 11.5 Å². The molecule has 1 aromatic heterocycles. The number of fused-ring (bicyclic) bond motifs is 7. The molecule has 0 atom stereocenters. The Morgan fingerprint density at radius 1 is 0.463 bits per heavy atom. The summed E-state index contributed by atoms with van der Waals surface area (Å²) in [5.41, 5.74) is 23.4. The summed E-state index contributed by atoms with van der Waals surface area (Å²) >= 11 is 0. The summed E-state index contributed by atoms with van der Waals surface area (Å²) in [4.78, 5) is 6.59. The van der Waals surface area contributed by atoms with E-state index in [9.17, 15) is 5.26 Å². The van der Waals surface area contributed by atoms with Crippen LogP contribution in [-0.4, -0.2) is 11.3 Å². The third-order valence-electron chi connectivity index (χ3n) is 16.7. The number of hydrogen-bond donors (Lipinski definition) is 0. The van der Waals surface area contributed by atoms with Gasteiger partial charge in [-0.25, -0.2) is 4.85 Å². The van der Waals surface area contributed by atoms with Gasteiger partial charge in [-0.3, -0.25) is 0 Å². The van der Waals surface area contributed by atoms with Gasteiger partial charge < -0.3 is 14.2 Å². The van der Waals surface area contributed by atoms with Crippen LogP contribution >= 0.6 is 0 Å². The van der Waals surface area contributed by atoms with E-state index in [1.54, 1.807) is 6.07 Å². The highest BCUT2D eigenvalue weighted by molar-refractivity contribution is 6.99. The number of rotatable bonds is 7. The molecule has 12 aromatic rings. The summed E-state index contributed by atoms with van der Waals surface area (Å²) in [7, 11) is 0. The van der Waals surface area contributed by atoms with Crippen LogP contribution in [0.5, 0.6) is 11.5 Å². The molecule has 0 spiro atoms. The number of hydrogen-bond acceptors (Lipinski definition) is 3. The molecule has 0 N–H and O–H groups in total. The molecule has 0 saturated heterocycles. The van der Waals surface area contributed by atoms with Crippen LogP contribution in [0.4, 0.5) is 22.7 Å². The third-order valence-corrected chi connectivity index (χ3v) is 16.7. The first-order chi connectivity index (χ1) is 39.8. The largest absolute Gasteiger partial charge is 0.458 e. The lowest BCUT2D eigenvalue weighted by molar-refractivity contribution is 0.487. The molecule has 0 amide bonds. The molecule has 390 valence electrons. The second-order valence-electron chi connectivity index (χ2n) is 23.9. The van der Waals surface area contributed by atoms with Crippen molar-refractivity contribution in [1.82, 2.24) is 4.57 Å². The highest BCUT2D eigenvalue weighted by Crippen LogP contribution is 2.52. The number of para-hydroxylation sites is 1. The Hall–Kier alpha value is -10.1. The Morgan fingerprint density at radius 3 is 1.62 bits per heavy atom. The van der Waals surface area contributed by atoms with Gasteiger partial charge in [-0.05, 0) is 143 Å². The number of benzene rings is 11. The van der Waals surface area contributed by atoms with Gasteiger partial charge in [-0.1, -0.05) is 217 Å². The van der Waals surface area contributed by atoms with Crippen LogP contribution in [0.3, 0.4) is 0 Å². The smallest absolute Gasteiger partial charge is 0.256 e. The minimum Gasteiger partial charge on any atom is -0.458 e. The van der Waals surface area contributed by atoms with Gasteiger partial charge in [0, 0.05) is 45.2 Å². The van der Waals surface area contributed by atoms with Crippen molar-refractivity contribution >= 4 is 67.7 Å². The number of nitrogens with zero attached hydrogens (tertiary/aromatic N) is 4. The fraction of sp³-hybridized carbons (Fsp3) is 0.105. The molecule has 0 bridgehead atoms. The van der Waals surface area contributed by atoms with E-state index in [0.717, 1.165) is 128 Å². The fourth-order valence-electron chi connectivity index (χ4n) is 12.6. The van der Waals surface area contributed by atoms with Crippen molar-refractivity contribution in [3.8, 4) is 78.9 Å². The minimum atomic E-state index is -0.253. The summed E-state index contributed by atoms with van der Waals surface area (Å²) < 4.78 is 9.79. The van der Waals surface area contributed by atoms with E-state index in [-0.39, 0.29) is 17.5 Å². The van der Waals surface area contributed by atoms with Crippen LogP contribution in [0.2, 0.25) is 0 Å². The van der Waals surface area contributed by atoms with Crippen LogP contribution < -0.4 is 26.0 Å². The lowest BCUT2D eigenvalue weighted by Gasteiger charge is -2.42. The molecule has 2 aliphatic rings. The van der Waals surface area contributed by atoms with Gasteiger partial charge >= 0.3 is 0 Å². The summed E-state index contributed by atoms with van der Waals surface area (Å²) in [6.45, 7) is 22.0. The minimum absolute atomic E-state index is 0.122. The first-order valence-electron chi connectivity index (χ1n) is 28.2. The third kappa shape index (κ3) is 8.38. The Bertz CT molecular complexity index is 4540. The topological polar surface area (TPSA) is 45.6 Å². The summed E-state index contributed by atoms with van der Waals surface area (Å²) in [6, 6.07) is 87.6. The van der Waals surface area contributed by atoms with Crippen molar-refractivity contribution in [3.63, 3.8) is 0 Å². The molecule has 5 nitrogen and oxygen atoms in total. The second-order valence-corrected chi connectivity index (χ2v) is 23.9. The molecule has 0 radical (unpaired) electrons. The molecular weight excluding hydrogens is 996 g/mol. The van der Waals surface area contributed by atoms with Crippen LogP contribution in [0.1, 0.15) is 58.2 Å². The molecule has 82 heavy (non-hydrogen) atoms. The van der Waals surface area contributed by atoms with Crippen molar-refractivity contribution in [1.29, 1.82) is 5.26 Å². The number of ether oxygens (including phenoxy) is 1. The average molecular weight is 1050 g/mol. The second kappa shape index (κ2) is 19.3. The normalized spacial score (nSPS) is 12.5. The molecule has 11 aromatic carbocycles. The highest BCUT2D eigenvalue weighted by Gasteiger charge is 2.44. The van der Waals surface area contributed by atoms with E-state index in [4.69, 9.17) is 11.3 Å². The van der Waals surface area contributed by atoms with Gasteiger partial charge in [-0.15, -0.1) is 0 Å². The monoisotopic (exact) mass is 1050 g/mol. The Labute approximate surface area is 480 Å². The molecule has 0 unspecified atom stereocenters. The zero-order valence-electron chi connectivity index (χ0n) is 46.8. The van der Waals surface area contributed by atoms with Crippen molar-refractivity contribution in [3.05, 3.63) is 265 Å². The summed E-state index contributed by atoms with van der Waals surface area (Å²) in [6.07, 6.45) is 0. The van der Waals surface area contributed by atoms with Crippen LogP contribution in [0.25, 0.3) is 88.0 Å². The van der Waals surface area contributed by atoms with Gasteiger partial charge in [0.25, 0.3) is 6.71 Å². The van der Waals surface area contributed by atoms with Gasteiger partial charge in [0.2, 0.25) is 5.69 Å². The van der Waals surface area contributed by atoms with E-state index >= 15 is 0 Å². The fourth-order valence-corrected chi connectivity index (χ4v) is 12.6. The first-order valence-corrected chi connectivity index (χ1v) is 28.2. The SMILES string of the molecule is [C-]#[N+]c1cc(C#N)cc2c3ccccc3n(-c3ccc4c(c3)Oc3cc(-c5cc(C(C)(C)C)cc(C(C)(C)C)c5)cc5c3B4c3cc(-c4ccccc4)ccc3N5c3c(-c4ccccc4)cc(-c4ccccc4)cc3-c3ccccc3)c12. The standard InChI is InChI=1S/C76H57BN4O/c1-75(2,3)57-38-54(39-58(45-57)76(4,5)6)56-43-69-72-71(44-56)82-70-46-59(80-67-31-21-20-30-60(67)63-36-48(47-78)37-66(79-7)74(63)80)33-34-64(70)77(72)65-42-53(49-22-12-8-13-23-49)32-35-68(65)81(69)73-61(51-26-16-10-17-27-51)40-55(50-24-14-9-15-25-50)41-62(73)52-28-18-11-19-29-52/h8-46H,1-6H3. The van der Waals surface area contributed by atoms with Crippen molar-refractivity contribution < 1.29 is 4.74 Å². The summed E-state index contributed by atoms with van der Waals surface area (Å²) in [5, 5.41) is 12.0. The molecule has 14 rings (SSSR count). The Kier molecular flexibility index (Phi) is 11.8. The van der Waals surface area contributed by atoms with Gasteiger partial charge in [-0.2, -0.15) is 5.26 Å². The van der Waals surface area contributed by atoms with Gasteiger partial charge in [0.05, 0.1) is 29.4 Å². The molecule has 0 aliphatic carbocycles. The molecule has 3 heterocycles. The maximum atomic E-state index is 10.1. The van der Waals surface area contributed by atoms with Crippen molar-refractivity contribution in [2.45, 2.75) is 52.4 Å². The van der Waals surface area contributed by atoms with Crippen molar-refractivity contribution in [2.24, 2.45) is 0 Å². The zero-order valence-corrected chi connectivity index (χ0v) is 46.8. The van der Waals surface area contributed by atoms with E-state index < -0.39 is 0 Å². The summed E-state index contributed by atoms with van der Waals surface area (Å²) in [5.74, 6) is 1.53. The number of nitriles is 1. The maximum Gasteiger partial charge on any atom is 0.256 e. The Morgan fingerprint density at radius 2 is 1.02 bits per heavy atom. The van der Waals surface area contributed by atoms with E-state index in [0.29, 0.717) is 11.3 Å². The number of aromatic nitrogens is 1. The number of anilines is 3. The van der Waals surface area contributed by atoms with Gasteiger partial charge in [0.15, 0.2) is 0 Å². The molecular formula is C76H57BN4O. The lowest BCUT2D eigenvalue weighted by atomic mass is 9.34. The van der Waals surface area contributed by atoms with E-state index in [1.807, 2.05) is 18.2 Å². The highest BCUT2D eigenvalue weighted by atomic mass is 16.5. The van der Waals surface area contributed by atoms with Crippen LogP contribution in [-0.2, 0) is 10.8 Å². The molecule has 2 aliphatic heterocycles. The average Bonchev–Trinajstić information content (AvgIpc) is 1.09. The zero-order chi connectivity index (χ0) is 56.0. The molecule has 6 heteroatoms.